The van der Waals surface area contributed by atoms with Gasteiger partial charge in [0, 0.05) is 14.1 Å². The number of nitrogens with zero attached hydrogens (tertiary/aromatic N) is 2. The van der Waals surface area contributed by atoms with Crippen molar-refractivity contribution < 1.29 is 0 Å². The molecule has 0 heterocycles. The smallest absolute Gasteiger partial charge is 0.213 e. The third kappa shape index (κ3) is 2.21. The lowest BCUT2D eigenvalue weighted by Gasteiger charge is -2.27. The quantitative estimate of drug-likeness (QED) is 0.275. The van der Waals surface area contributed by atoms with Gasteiger partial charge in [0.1, 0.15) is 0 Å². The summed E-state index contributed by atoms with van der Waals surface area (Å²) in [5.74, 6) is 5.63. The lowest BCUT2D eigenvalue weighted by molar-refractivity contribution is 0.577. The summed E-state index contributed by atoms with van der Waals surface area (Å²) in [5, 5.41) is 9.23. The number of rotatable bonds is 2. The number of hydrazine groups is 2. The van der Waals surface area contributed by atoms with Crippen LogP contribution in [-0.4, -0.2) is 25.0 Å². The van der Waals surface area contributed by atoms with Crippen molar-refractivity contribution >= 4 is 11.6 Å². The van der Waals surface area contributed by atoms with Gasteiger partial charge in [0.15, 0.2) is 0 Å². The molecule has 5 heteroatoms. The van der Waals surface area contributed by atoms with Crippen LogP contribution in [0.2, 0.25) is 0 Å². The van der Waals surface area contributed by atoms with E-state index in [1.165, 1.54) is 5.01 Å². The fourth-order valence-electron chi connectivity index (χ4n) is 1.04. The molecule has 0 aliphatic heterocycles. The number of guanidine groups is 1. The lowest BCUT2D eigenvalue weighted by Crippen LogP contribution is -2.51. The molecule has 0 aromatic heterocycles. The molecule has 14 heavy (non-hydrogen) atoms. The molecule has 1 aromatic rings. The minimum absolute atomic E-state index is 0.277. The van der Waals surface area contributed by atoms with Gasteiger partial charge in [0.2, 0.25) is 5.96 Å². The predicted molar refractivity (Wildman–Crippen MR) is 57.7 cm³/mol. The van der Waals surface area contributed by atoms with E-state index in [0.717, 1.165) is 5.69 Å². The summed E-state index contributed by atoms with van der Waals surface area (Å²) in [6, 6.07) is 9.44. The Morgan fingerprint density at radius 1 is 1.29 bits per heavy atom. The molecule has 0 saturated carbocycles. The average Bonchev–Trinajstić information content (AvgIpc) is 2.20. The van der Waals surface area contributed by atoms with Gasteiger partial charge >= 0.3 is 0 Å². The molecule has 0 bridgehead atoms. The molecule has 0 atom stereocenters. The Morgan fingerprint density at radius 2 is 1.86 bits per heavy atom. The molecule has 1 rings (SSSR count). The second-order valence-electron chi connectivity index (χ2n) is 3.02. The molecule has 76 valence electrons. The van der Waals surface area contributed by atoms with Gasteiger partial charge in [-0.1, -0.05) is 18.2 Å². The largest absolute Gasteiger partial charge is 0.348 e. The number of hydrogen-bond donors (Lipinski definition) is 3. The molecule has 5 nitrogen and oxygen atoms in total. The summed E-state index contributed by atoms with van der Waals surface area (Å²) >= 11 is 0. The van der Waals surface area contributed by atoms with Crippen molar-refractivity contribution in [3.05, 3.63) is 30.3 Å². The molecule has 0 aliphatic rings. The van der Waals surface area contributed by atoms with Gasteiger partial charge < -0.3 is 4.90 Å². The monoisotopic (exact) mass is 193 g/mol. The van der Waals surface area contributed by atoms with E-state index >= 15 is 0 Å². The Hall–Kier alpha value is -1.59. The van der Waals surface area contributed by atoms with Gasteiger partial charge in [-0.25, -0.2) is 5.01 Å². The summed E-state index contributed by atoms with van der Waals surface area (Å²) in [6.45, 7) is 0. The van der Waals surface area contributed by atoms with Gasteiger partial charge in [0.25, 0.3) is 0 Å². The Kier molecular flexibility index (Phi) is 3.44. The first kappa shape index (κ1) is 10.5. The van der Waals surface area contributed by atoms with Crippen LogP contribution in [0.3, 0.4) is 0 Å². The zero-order chi connectivity index (χ0) is 10.6. The molecule has 0 unspecified atom stereocenters. The van der Waals surface area contributed by atoms with Crippen LogP contribution >= 0.6 is 0 Å². The molecule has 0 amide bonds. The standard InChI is InChI=1S/C9H15N5/c1-13(2)9(10)14(12-11)8-6-4-3-5-7-8/h3-7,10,12H,11H2,1-2H3. The van der Waals surface area contributed by atoms with Gasteiger partial charge in [-0.3, -0.25) is 11.3 Å². The van der Waals surface area contributed by atoms with Crippen LogP contribution in [0, 0.1) is 5.41 Å². The Balaban J connectivity index is 2.88. The van der Waals surface area contributed by atoms with Crippen LogP contribution in [0.25, 0.3) is 0 Å². The van der Waals surface area contributed by atoms with Crippen LogP contribution in [0.15, 0.2) is 30.3 Å². The Labute approximate surface area is 83.6 Å². The fourth-order valence-corrected chi connectivity index (χ4v) is 1.04. The molecule has 4 N–H and O–H groups in total. The van der Waals surface area contributed by atoms with Crippen molar-refractivity contribution in [3.63, 3.8) is 0 Å². The highest BCUT2D eigenvalue weighted by molar-refractivity contribution is 5.92. The second-order valence-corrected chi connectivity index (χ2v) is 3.02. The van der Waals surface area contributed by atoms with Gasteiger partial charge in [-0.15, -0.1) is 0 Å². The van der Waals surface area contributed by atoms with E-state index in [9.17, 15) is 0 Å². The maximum absolute atomic E-state index is 7.75. The van der Waals surface area contributed by atoms with Gasteiger partial charge in [0.05, 0.1) is 5.69 Å². The number of nitrogens with two attached hydrogens (primary N) is 1. The third-order valence-corrected chi connectivity index (χ3v) is 1.78. The van der Waals surface area contributed by atoms with Gasteiger partial charge in [-0.2, -0.15) is 5.53 Å². The molecule has 0 spiro atoms. The van der Waals surface area contributed by atoms with Crippen LogP contribution in [0.1, 0.15) is 0 Å². The van der Waals surface area contributed by atoms with Gasteiger partial charge in [-0.05, 0) is 12.1 Å². The van der Waals surface area contributed by atoms with Crippen molar-refractivity contribution in [1.29, 1.82) is 5.41 Å². The number of nitrogens with one attached hydrogen (secondary N) is 2. The van der Waals surface area contributed by atoms with E-state index in [4.69, 9.17) is 11.3 Å². The van der Waals surface area contributed by atoms with Crippen molar-refractivity contribution in [2.75, 3.05) is 19.1 Å². The van der Waals surface area contributed by atoms with E-state index in [1.54, 1.807) is 19.0 Å². The summed E-state index contributed by atoms with van der Waals surface area (Å²) in [4.78, 5) is 1.66. The second kappa shape index (κ2) is 4.59. The van der Waals surface area contributed by atoms with E-state index in [2.05, 4.69) is 5.53 Å². The first-order valence-electron chi connectivity index (χ1n) is 4.24. The number of anilines is 1. The van der Waals surface area contributed by atoms with Crippen molar-refractivity contribution in [1.82, 2.24) is 10.4 Å². The maximum Gasteiger partial charge on any atom is 0.213 e. The zero-order valence-corrected chi connectivity index (χ0v) is 8.36. The summed E-state index contributed by atoms with van der Waals surface area (Å²) in [6.07, 6.45) is 0. The summed E-state index contributed by atoms with van der Waals surface area (Å²) in [5.41, 5.74) is 3.29. The first-order valence-corrected chi connectivity index (χ1v) is 4.24. The first-order chi connectivity index (χ1) is 6.66. The zero-order valence-electron chi connectivity index (χ0n) is 8.36. The highest BCUT2D eigenvalue weighted by Crippen LogP contribution is 2.10. The third-order valence-electron chi connectivity index (χ3n) is 1.78. The van der Waals surface area contributed by atoms with E-state index in [1.807, 2.05) is 30.3 Å². The van der Waals surface area contributed by atoms with Crippen molar-refractivity contribution in [2.45, 2.75) is 0 Å². The minimum atomic E-state index is 0.277. The minimum Gasteiger partial charge on any atom is -0.348 e. The Morgan fingerprint density at radius 3 is 2.29 bits per heavy atom. The molecular weight excluding hydrogens is 178 g/mol. The molecule has 1 aromatic carbocycles. The molecule has 0 saturated heterocycles. The molecule has 0 radical (unpaired) electrons. The fraction of sp³-hybridized carbons (Fsp3) is 0.222. The van der Waals surface area contributed by atoms with E-state index < -0.39 is 0 Å². The number of benzene rings is 1. The molecule has 0 fully saturated rings. The molecule has 0 aliphatic carbocycles. The summed E-state index contributed by atoms with van der Waals surface area (Å²) < 4.78 is 0. The van der Waals surface area contributed by atoms with E-state index in [-0.39, 0.29) is 5.96 Å². The highest BCUT2D eigenvalue weighted by atomic mass is 15.7. The van der Waals surface area contributed by atoms with Crippen LogP contribution in [0.5, 0.6) is 0 Å². The number of para-hydroxylation sites is 1. The highest BCUT2D eigenvalue weighted by Gasteiger charge is 2.11. The topological polar surface area (TPSA) is 68.4 Å². The average molecular weight is 193 g/mol. The number of hydrogen-bond acceptors (Lipinski definition) is 3. The van der Waals surface area contributed by atoms with Crippen LogP contribution in [0.4, 0.5) is 5.69 Å². The predicted octanol–water partition coefficient (Wildman–Crippen LogP) is 0.368. The lowest BCUT2D eigenvalue weighted by atomic mass is 10.3. The van der Waals surface area contributed by atoms with Crippen LogP contribution < -0.4 is 16.4 Å². The van der Waals surface area contributed by atoms with Crippen molar-refractivity contribution in [3.8, 4) is 0 Å². The SMILES string of the molecule is CN(C)C(=N)N(NN)c1ccccc1. The van der Waals surface area contributed by atoms with Crippen LogP contribution in [-0.2, 0) is 0 Å². The van der Waals surface area contributed by atoms with E-state index in [0.29, 0.717) is 0 Å². The Bertz CT molecular complexity index is 295. The molecular formula is C9H15N5. The summed E-state index contributed by atoms with van der Waals surface area (Å²) in [7, 11) is 3.57. The normalized spacial score (nSPS) is 9.64. The van der Waals surface area contributed by atoms with Crippen molar-refractivity contribution in [2.24, 2.45) is 5.84 Å². The maximum atomic E-state index is 7.75.